The summed E-state index contributed by atoms with van der Waals surface area (Å²) in [5.74, 6) is -5.96. The Labute approximate surface area is 328 Å². The Morgan fingerprint density at radius 2 is 1.61 bits per heavy atom. The van der Waals surface area contributed by atoms with Crippen LogP contribution in [0.5, 0.6) is 17.2 Å². The zero-order valence-electron chi connectivity index (χ0n) is 34.1. The molecule has 0 saturated carbocycles. The Morgan fingerprint density at radius 1 is 0.946 bits per heavy atom. The van der Waals surface area contributed by atoms with E-state index in [1.165, 1.54) is 27.2 Å². The first-order chi connectivity index (χ1) is 26.3. The van der Waals surface area contributed by atoms with Crippen molar-refractivity contribution >= 4 is 39.8 Å². The topological polar surface area (TPSA) is 184 Å². The fourth-order valence-electron chi connectivity index (χ4n) is 8.15. The lowest BCUT2D eigenvalue weighted by atomic mass is 9.78. The number of benzene rings is 2. The molecule has 0 radical (unpaired) electrons. The maximum atomic E-state index is 14.6. The number of hydrogen-bond acceptors (Lipinski definition) is 12. The van der Waals surface area contributed by atoms with Gasteiger partial charge in [-0.15, -0.1) is 0 Å². The number of carbonyl (C=O) groups is 3. The highest BCUT2D eigenvalue weighted by atomic mass is 16.7. The average molecular weight is 779 g/mol. The number of phenols is 2. The Kier molecular flexibility index (Phi) is 12.8. The number of carbonyl (C=O) groups excluding carboxylic acids is 3. The quantitative estimate of drug-likeness (QED) is 0.174. The third-order valence-corrected chi connectivity index (χ3v) is 12.0. The predicted molar refractivity (Wildman–Crippen MR) is 213 cm³/mol. The molecule has 6 rings (SSSR count). The minimum Gasteiger partial charge on any atom is -0.507 e. The monoisotopic (exact) mass is 778 g/mol. The Bertz CT molecular complexity index is 1930. The number of rotatable bonds is 3. The number of fused-ring (bicyclic) bond motifs is 14. The summed E-state index contributed by atoms with van der Waals surface area (Å²) in [6.07, 6.45) is 5.83. The number of aromatic hydroxyl groups is 2. The van der Waals surface area contributed by atoms with E-state index in [0.29, 0.717) is 24.7 Å². The van der Waals surface area contributed by atoms with Crippen LogP contribution in [0.2, 0.25) is 0 Å². The van der Waals surface area contributed by atoms with Crippen molar-refractivity contribution in [2.75, 3.05) is 30.4 Å². The van der Waals surface area contributed by atoms with Crippen LogP contribution in [-0.4, -0.2) is 88.5 Å². The molecule has 5 N–H and O–H groups in total. The van der Waals surface area contributed by atoms with Gasteiger partial charge in [0.15, 0.2) is 5.75 Å². The molecule has 4 heterocycles. The first-order valence-corrected chi connectivity index (χ1v) is 19.4. The van der Waals surface area contributed by atoms with Crippen LogP contribution in [0.4, 0.5) is 11.4 Å². The van der Waals surface area contributed by atoms with Crippen molar-refractivity contribution < 1.29 is 53.8 Å². The summed E-state index contributed by atoms with van der Waals surface area (Å²) in [6, 6.07) is 1.63. The van der Waals surface area contributed by atoms with E-state index in [1.54, 1.807) is 71.9 Å². The van der Waals surface area contributed by atoms with Crippen molar-refractivity contribution in [2.24, 2.45) is 29.6 Å². The lowest BCUT2D eigenvalue weighted by Crippen LogP contribution is -2.46. The van der Waals surface area contributed by atoms with Crippen molar-refractivity contribution in [1.29, 1.82) is 0 Å². The van der Waals surface area contributed by atoms with Crippen LogP contribution in [0.1, 0.15) is 84.2 Å². The summed E-state index contributed by atoms with van der Waals surface area (Å²) >= 11 is 0. The number of ketones is 1. The molecular weight excluding hydrogens is 720 g/mol. The smallest absolute Gasteiger partial charge is 0.312 e. The van der Waals surface area contributed by atoms with Crippen LogP contribution in [0.25, 0.3) is 10.8 Å². The fraction of sp³-hybridized carbons (Fsp3) is 0.558. The number of aliphatic hydroxyl groups is 2. The number of hydrogen-bond donors (Lipinski definition) is 5. The van der Waals surface area contributed by atoms with E-state index in [0.717, 1.165) is 12.8 Å². The zero-order chi connectivity index (χ0) is 41.4. The van der Waals surface area contributed by atoms with E-state index in [-0.39, 0.29) is 44.7 Å². The standard InChI is InChI=1S/C43H58N2O11/c1-21-14-17-45(18-15-21)30-20-29-38(50)33-32(30)34-40(27(7)37(33)49)56-43(9,41(34)51)54-19-16-31(53-10)24(4)39(55-28(8)46)26(6)36(48)25(5)35(47)22(2)12-11-13-23(3)42(52)44-29/h11-13,16,19-22,24-26,31,35-36,39,47-50H,14-15,17-18H2,1-10H3,(H,44,52)/b12-11+,19-16+,23-13-/t22-,24+,25+,26+,31-,35-,36+,39+,43-/m0/s1. The number of phenolic OH excluding ortho intramolecular Hbond substituents is 2. The molecule has 306 valence electrons. The van der Waals surface area contributed by atoms with Crippen molar-refractivity contribution in [3.8, 4) is 17.2 Å². The highest BCUT2D eigenvalue weighted by Crippen LogP contribution is 2.54. The van der Waals surface area contributed by atoms with Gasteiger partial charge < -0.3 is 49.6 Å². The number of nitrogens with zero attached hydrogens (tertiary/aromatic N) is 1. The zero-order valence-corrected chi connectivity index (χ0v) is 34.1. The summed E-state index contributed by atoms with van der Waals surface area (Å²) in [4.78, 5) is 42.6. The number of allylic oxidation sites excluding steroid dienone is 2. The van der Waals surface area contributed by atoms with Crippen LogP contribution in [0.15, 0.2) is 42.2 Å². The lowest BCUT2D eigenvalue weighted by molar-refractivity contribution is -0.160. The molecule has 56 heavy (non-hydrogen) atoms. The highest BCUT2D eigenvalue weighted by molar-refractivity contribution is 6.23. The van der Waals surface area contributed by atoms with Gasteiger partial charge in [0.1, 0.15) is 17.6 Å². The maximum absolute atomic E-state index is 14.6. The Morgan fingerprint density at radius 3 is 2.23 bits per heavy atom. The second-order valence-electron chi connectivity index (χ2n) is 16.1. The van der Waals surface area contributed by atoms with E-state index in [4.69, 9.17) is 18.9 Å². The molecule has 0 aliphatic carbocycles. The Hall–Kier alpha value is -4.59. The van der Waals surface area contributed by atoms with Gasteiger partial charge >= 0.3 is 11.8 Å². The van der Waals surface area contributed by atoms with Crippen molar-refractivity contribution in [2.45, 2.75) is 105 Å². The fourth-order valence-corrected chi connectivity index (χ4v) is 8.15. The van der Waals surface area contributed by atoms with Gasteiger partial charge in [-0.1, -0.05) is 52.8 Å². The molecule has 0 unspecified atom stereocenters. The van der Waals surface area contributed by atoms with Crippen molar-refractivity contribution in [1.82, 2.24) is 0 Å². The Balaban J connectivity index is 1.69. The van der Waals surface area contributed by atoms with E-state index in [2.05, 4.69) is 17.1 Å². The molecule has 13 nitrogen and oxygen atoms in total. The SMILES string of the molecule is CO[C@H]1/C=C/O[C@@]2(C)Oc3c(C)c(O)c4c(O)c(cc(N5CCC(C)CC5)c4c3C2=O)NC(=O)/C(C)=C\C=C\[C@H](C)[C@H](O)[C@@H](C)[C@@H](O)[C@@H](C)[C@H](OC(C)=O)[C@@H]1C. The summed E-state index contributed by atoms with van der Waals surface area (Å²) in [5, 5.41) is 49.4. The number of piperidine rings is 1. The normalized spacial score (nSPS) is 33.0. The van der Waals surface area contributed by atoms with Gasteiger partial charge in [-0.25, -0.2) is 0 Å². The van der Waals surface area contributed by atoms with Crippen molar-refractivity contribution in [3.05, 3.63) is 53.3 Å². The van der Waals surface area contributed by atoms with Gasteiger partial charge in [-0.3, -0.25) is 14.4 Å². The number of anilines is 2. The number of esters is 1. The third-order valence-electron chi connectivity index (χ3n) is 12.0. The van der Waals surface area contributed by atoms with Gasteiger partial charge in [0.05, 0.1) is 41.2 Å². The lowest BCUT2D eigenvalue weighted by Gasteiger charge is -2.38. The number of methoxy groups -OCH3 is 1. The van der Waals surface area contributed by atoms with Crippen LogP contribution in [-0.2, 0) is 23.8 Å². The molecular formula is C43H58N2O11. The van der Waals surface area contributed by atoms with Crippen LogP contribution in [0, 0.1) is 36.5 Å². The highest BCUT2D eigenvalue weighted by Gasteiger charge is 2.50. The molecule has 4 aliphatic rings. The molecule has 2 aromatic carbocycles. The summed E-state index contributed by atoms with van der Waals surface area (Å²) in [6.45, 7) is 16.4. The van der Waals surface area contributed by atoms with Gasteiger partial charge in [0.2, 0.25) is 0 Å². The first kappa shape index (κ1) is 42.6. The largest absolute Gasteiger partial charge is 0.507 e. The minimum atomic E-state index is -1.90. The van der Waals surface area contributed by atoms with E-state index in [9.17, 15) is 34.8 Å². The maximum Gasteiger partial charge on any atom is 0.312 e. The number of ether oxygens (including phenoxy) is 4. The summed E-state index contributed by atoms with van der Waals surface area (Å²) < 4.78 is 23.9. The van der Waals surface area contributed by atoms with Crippen LogP contribution in [0.3, 0.4) is 0 Å². The third kappa shape index (κ3) is 8.12. The first-order valence-electron chi connectivity index (χ1n) is 19.4. The molecule has 0 aromatic heterocycles. The number of nitrogens with one attached hydrogen (secondary N) is 1. The minimum absolute atomic E-state index is 0.00146. The molecule has 2 aromatic rings. The number of Topliss-reactive ketones (excluding diaryl/α,β-unsaturated/α-hetero) is 1. The number of aliphatic hydroxyl groups excluding tert-OH is 2. The van der Waals surface area contributed by atoms with Gasteiger partial charge in [-0.2, -0.15) is 0 Å². The second-order valence-corrected chi connectivity index (χ2v) is 16.1. The predicted octanol–water partition coefficient (Wildman–Crippen LogP) is 6.28. The van der Waals surface area contributed by atoms with Gasteiger partial charge in [0, 0.05) is 79.9 Å². The molecule has 0 spiro atoms. The van der Waals surface area contributed by atoms with E-state index < -0.39 is 77.3 Å². The van der Waals surface area contributed by atoms with Gasteiger partial charge in [-0.05, 0) is 44.7 Å². The summed E-state index contributed by atoms with van der Waals surface area (Å²) in [7, 11) is 1.47. The van der Waals surface area contributed by atoms with Crippen molar-refractivity contribution in [3.63, 3.8) is 0 Å². The average Bonchev–Trinajstić information content (AvgIpc) is 3.43. The van der Waals surface area contributed by atoms with E-state index >= 15 is 0 Å². The molecule has 9 atom stereocenters. The molecule has 13 heteroatoms. The number of amides is 1. The molecule has 1 saturated heterocycles. The van der Waals surface area contributed by atoms with E-state index in [1.807, 2.05) is 0 Å². The molecule has 1 fully saturated rings. The van der Waals surface area contributed by atoms with Crippen LogP contribution >= 0.6 is 0 Å². The molecule has 1 amide bonds. The summed E-state index contributed by atoms with van der Waals surface area (Å²) in [5.41, 5.74) is 1.21. The molecule has 4 aliphatic heterocycles. The van der Waals surface area contributed by atoms with Crippen LogP contribution < -0.4 is 15.0 Å². The van der Waals surface area contributed by atoms with Gasteiger partial charge in [0.25, 0.3) is 11.7 Å². The molecule has 5 bridgehead atoms. The second kappa shape index (κ2) is 16.9.